The molecule has 0 N–H and O–H groups in total. The van der Waals surface area contributed by atoms with Crippen LogP contribution in [-0.4, -0.2) is 5.78 Å². The molecule has 0 aliphatic rings. The van der Waals surface area contributed by atoms with Crippen LogP contribution in [0.3, 0.4) is 0 Å². The maximum Gasteiger partial charge on any atom is 0.130 e. The smallest absolute Gasteiger partial charge is 0.130 e. The average molecular weight is 216 g/mol. The van der Waals surface area contributed by atoms with Gasteiger partial charge in [0.2, 0.25) is 0 Å². The van der Waals surface area contributed by atoms with E-state index in [0.29, 0.717) is 12.3 Å². The molecule has 16 heavy (non-hydrogen) atoms. The summed E-state index contributed by atoms with van der Waals surface area (Å²) in [5.41, 5.74) is 1.28. The van der Waals surface area contributed by atoms with Crippen molar-refractivity contribution in [1.82, 2.24) is 0 Å². The Morgan fingerprint density at radius 2 is 2.06 bits per heavy atom. The third-order valence-electron chi connectivity index (χ3n) is 2.77. The summed E-state index contributed by atoms with van der Waals surface area (Å²) in [6.45, 7) is 5.39. The number of ketones is 1. The van der Waals surface area contributed by atoms with Crippen molar-refractivity contribution in [2.24, 2.45) is 0 Å². The van der Waals surface area contributed by atoms with Gasteiger partial charge in [-0.15, -0.1) is 6.58 Å². The minimum Gasteiger partial charge on any atom is -0.300 e. The summed E-state index contributed by atoms with van der Waals surface area (Å²) >= 11 is 0. The first-order valence-corrected chi connectivity index (χ1v) is 5.89. The number of unbranched alkanes of at least 4 members (excludes halogenated alkanes) is 1. The highest BCUT2D eigenvalue weighted by Gasteiger charge is 2.12. The lowest BCUT2D eigenvalue weighted by molar-refractivity contribution is -0.117. The molecule has 0 aliphatic heterocycles. The molecule has 86 valence electrons. The molecule has 1 nitrogen and oxygen atoms in total. The van der Waals surface area contributed by atoms with Gasteiger partial charge in [-0.2, -0.15) is 0 Å². The minimum absolute atomic E-state index is 0.271. The first-order chi connectivity index (χ1) is 7.74. The molecule has 0 aliphatic carbocycles. The van der Waals surface area contributed by atoms with E-state index in [4.69, 9.17) is 0 Å². The second-order valence-electron chi connectivity index (χ2n) is 4.23. The largest absolute Gasteiger partial charge is 0.300 e. The van der Waals surface area contributed by atoms with E-state index in [1.165, 1.54) is 5.56 Å². The van der Waals surface area contributed by atoms with Gasteiger partial charge in [-0.3, -0.25) is 0 Å². The maximum atomic E-state index is 11.2. The average Bonchev–Trinajstić information content (AvgIpc) is 2.29. The quantitative estimate of drug-likeness (QED) is 0.495. The molecular weight excluding hydrogens is 196 g/mol. The molecule has 0 fully saturated rings. The lowest BCUT2D eigenvalue weighted by Crippen LogP contribution is -2.04. The molecule has 0 bridgehead atoms. The maximum absolute atomic E-state index is 11.2. The third-order valence-corrected chi connectivity index (χ3v) is 2.77. The predicted molar refractivity (Wildman–Crippen MR) is 68.5 cm³/mol. The highest BCUT2D eigenvalue weighted by atomic mass is 16.1. The van der Waals surface area contributed by atoms with E-state index in [1.807, 2.05) is 24.3 Å². The van der Waals surface area contributed by atoms with Gasteiger partial charge in [-0.1, -0.05) is 36.4 Å². The molecule has 0 amide bonds. The summed E-state index contributed by atoms with van der Waals surface area (Å²) < 4.78 is 0. The fourth-order valence-corrected chi connectivity index (χ4v) is 1.97. The highest BCUT2D eigenvalue weighted by molar-refractivity contribution is 5.76. The zero-order valence-corrected chi connectivity index (χ0v) is 9.99. The van der Waals surface area contributed by atoms with E-state index in [0.717, 1.165) is 19.3 Å². The van der Waals surface area contributed by atoms with Crippen LogP contribution in [0.15, 0.2) is 43.0 Å². The standard InChI is InChI=1S/C15H20O/c1-3-4-6-11-15(12-13(2)16)14-9-7-5-8-10-14/h3,5,7-10,15H,1,4,6,11-12H2,2H3. The molecule has 0 radical (unpaired) electrons. The Morgan fingerprint density at radius 3 is 2.62 bits per heavy atom. The molecule has 1 aromatic carbocycles. The van der Waals surface area contributed by atoms with Crippen LogP contribution in [0.5, 0.6) is 0 Å². The number of Topliss-reactive ketones (excluding diaryl/α,β-unsaturated/α-hetero) is 1. The summed E-state index contributed by atoms with van der Waals surface area (Å²) in [5, 5.41) is 0. The number of hydrogen-bond acceptors (Lipinski definition) is 1. The molecule has 0 heterocycles. The highest BCUT2D eigenvalue weighted by Crippen LogP contribution is 2.25. The first kappa shape index (κ1) is 12.7. The fraction of sp³-hybridized carbons (Fsp3) is 0.400. The summed E-state index contributed by atoms with van der Waals surface area (Å²) in [6, 6.07) is 10.3. The van der Waals surface area contributed by atoms with Crippen molar-refractivity contribution >= 4 is 5.78 Å². The molecule has 1 unspecified atom stereocenters. The number of carbonyl (C=O) groups excluding carboxylic acids is 1. The molecule has 0 aromatic heterocycles. The Labute approximate surface area is 98.2 Å². The first-order valence-electron chi connectivity index (χ1n) is 5.89. The van der Waals surface area contributed by atoms with E-state index in [9.17, 15) is 4.79 Å². The number of rotatable bonds is 7. The molecule has 1 atom stereocenters. The van der Waals surface area contributed by atoms with Crippen LogP contribution in [-0.2, 0) is 4.79 Å². The van der Waals surface area contributed by atoms with Crippen molar-refractivity contribution in [3.63, 3.8) is 0 Å². The van der Waals surface area contributed by atoms with Crippen molar-refractivity contribution in [2.45, 2.75) is 38.5 Å². The van der Waals surface area contributed by atoms with E-state index in [2.05, 4.69) is 18.7 Å². The third kappa shape index (κ3) is 4.43. The van der Waals surface area contributed by atoms with Crippen LogP contribution in [0.4, 0.5) is 0 Å². The van der Waals surface area contributed by atoms with Gasteiger partial charge < -0.3 is 4.79 Å². The van der Waals surface area contributed by atoms with Crippen LogP contribution >= 0.6 is 0 Å². The SMILES string of the molecule is C=CCCCC(CC(C)=O)c1ccccc1. The molecule has 1 rings (SSSR count). The van der Waals surface area contributed by atoms with Crippen molar-refractivity contribution in [1.29, 1.82) is 0 Å². The molecule has 1 aromatic rings. The predicted octanol–water partition coefficient (Wildman–Crippen LogP) is 4.11. The van der Waals surface area contributed by atoms with Gasteiger partial charge >= 0.3 is 0 Å². The monoisotopic (exact) mass is 216 g/mol. The van der Waals surface area contributed by atoms with Crippen molar-refractivity contribution in [3.8, 4) is 0 Å². The number of allylic oxidation sites excluding steroid dienone is 1. The van der Waals surface area contributed by atoms with Gasteiger partial charge in [0.25, 0.3) is 0 Å². The Kier molecular flexibility index (Phi) is 5.55. The van der Waals surface area contributed by atoms with Gasteiger partial charge in [0.15, 0.2) is 0 Å². The van der Waals surface area contributed by atoms with Gasteiger partial charge in [0, 0.05) is 6.42 Å². The summed E-state index contributed by atoms with van der Waals surface area (Å²) in [5.74, 6) is 0.645. The number of carbonyl (C=O) groups is 1. The van der Waals surface area contributed by atoms with E-state index in [1.54, 1.807) is 6.92 Å². The van der Waals surface area contributed by atoms with Crippen LogP contribution in [0.2, 0.25) is 0 Å². The van der Waals surface area contributed by atoms with Gasteiger partial charge in [0.05, 0.1) is 0 Å². The van der Waals surface area contributed by atoms with Gasteiger partial charge in [0.1, 0.15) is 5.78 Å². The van der Waals surface area contributed by atoms with Crippen molar-refractivity contribution in [2.75, 3.05) is 0 Å². The van der Waals surface area contributed by atoms with E-state index < -0.39 is 0 Å². The Bertz CT molecular complexity index is 327. The Morgan fingerprint density at radius 1 is 1.38 bits per heavy atom. The van der Waals surface area contributed by atoms with Gasteiger partial charge in [-0.05, 0) is 37.7 Å². The zero-order chi connectivity index (χ0) is 11.8. The minimum atomic E-state index is 0.271. The lowest BCUT2D eigenvalue weighted by atomic mass is 9.89. The van der Waals surface area contributed by atoms with Crippen molar-refractivity contribution in [3.05, 3.63) is 48.6 Å². The fourth-order valence-electron chi connectivity index (χ4n) is 1.97. The summed E-state index contributed by atoms with van der Waals surface area (Å²) in [7, 11) is 0. The second kappa shape index (κ2) is 7.00. The molecule has 0 spiro atoms. The van der Waals surface area contributed by atoms with Crippen LogP contribution in [0.1, 0.15) is 44.1 Å². The Hall–Kier alpha value is -1.37. The van der Waals surface area contributed by atoms with Crippen molar-refractivity contribution < 1.29 is 4.79 Å². The van der Waals surface area contributed by atoms with Crippen LogP contribution in [0, 0.1) is 0 Å². The lowest BCUT2D eigenvalue weighted by Gasteiger charge is -2.15. The van der Waals surface area contributed by atoms with Crippen LogP contribution in [0.25, 0.3) is 0 Å². The van der Waals surface area contributed by atoms with E-state index >= 15 is 0 Å². The van der Waals surface area contributed by atoms with Crippen LogP contribution < -0.4 is 0 Å². The molecule has 0 saturated heterocycles. The topological polar surface area (TPSA) is 17.1 Å². The number of benzene rings is 1. The number of hydrogen-bond donors (Lipinski definition) is 0. The summed E-state index contributed by atoms with van der Waals surface area (Å²) in [6.07, 6.45) is 5.80. The second-order valence-corrected chi connectivity index (χ2v) is 4.23. The van der Waals surface area contributed by atoms with E-state index in [-0.39, 0.29) is 5.78 Å². The molecular formula is C15H20O. The molecule has 1 heteroatoms. The normalized spacial score (nSPS) is 12.1. The summed E-state index contributed by atoms with van der Waals surface area (Å²) in [4.78, 5) is 11.2. The zero-order valence-electron chi connectivity index (χ0n) is 9.99. The molecule has 0 saturated carbocycles. The van der Waals surface area contributed by atoms with Gasteiger partial charge in [-0.25, -0.2) is 0 Å². The Balaban J connectivity index is 2.63.